The number of alkyl halides is 1. The van der Waals surface area contributed by atoms with E-state index in [1.807, 2.05) is 0 Å². The zero-order valence-corrected chi connectivity index (χ0v) is 9.34. The summed E-state index contributed by atoms with van der Waals surface area (Å²) in [6.45, 7) is 1.36. The Kier molecular flexibility index (Phi) is 4.13. The van der Waals surface area contributed by atoms with Crippen LogP contribution in [0.3, 0.4) is 0 Å². The smallest absolute Gasteiger partial charge is 0.239 e. The highest BCUT2D eigenvalue weighted by Crippen LogP contribution is 2.26. The lowest BCUT2D eigenvalue weighted by molar-refractivity contribution is -0.114. The Balaban J connectivity index is 2.83. The van der Waals surface area contributed by atoms with Gasteiger partial charge >= 0.3 is 0 Å². The second-order valence-electron chi connectivity index (χ2n) is 3.09. The lowest BCUT2D eigenvalue weighted by Gasteiger charge is -2.08. The van der Waals surface area contributed by atoms with Crippen molar-refractivity contribution >= 4 is 34.8 Å². The molecule has 86 valence electrons. The van der Waals surface area contributed by atoms with E-state index in [0.29, 0.717) is 5.69 Å². The van der Waals surface area contributed by atoms with Crippen LogP contribution in [0.5, 0.6) is 5.75 Å². The van der Waals surface area contributed by atoms with Crippen LogP contribution in [0, 0.1) is 0 Å². The molecular weight excluding hydrogens is 232 g/mol. The van der Waals surface area contributed by atoms with Gasteiger partial charge in [0.15, 0.2) is 0 Å². The lowest BCUT2D eigenvalue weighted by atomic mass is 10.2. The van der Waals surface area contributed by atoms with Crippen LogP contribution < -0.4 is 10.6 Å². The Morgan fingerprint density at radius 2 is 2.06 bits per heavy atom. The van der Waals surface area contributed by atoms with Gasteiger partial charge in [0.25, 0.3) is 0 Å². The van der Waals surface area contributed by atoms with Crippen LogP contribution >= 0.6 is 11.6 Å². The van der Waals surface area contributed by atoms with Gasteiger partial charge in [-0.15, -0.1) is 11.6 Å². The van der Waals surface area contributed by atoms with Crippen molar-refractivity contribution in [1.82, 2.24) is 0 Å². The molecule has 0 fully saturated rings. The van der Waals surface area contributed by atoms with Crippen LogP contribution in [0.2, 0.25) is 0 Å². The van der Waals surface area contributed by atoms with Crippen molar-refractivity contribution in [2.45, 2.75) is 6.92 Å². The van der Waals surface area contributed by atoms with Crippen molar-refractivity contribution < 1.29 is 14.7 Å². The van der Waals surface area contributed by atoms with Gasteiger partial charge in [-0.1, -0.05) is 0 Å². The predicted octanol–water partition coefficient (Wildman–Crippen LogP) is 1.53. The van der Waals surface area contributed by atoms with E-state index in [-0.39, 0.29) is 23.2 Å². The Labute approximate surface area is 97.4 Å². The van der Waals surface area contributed by atoms with Crippen molar-refractivity contribution in [3.05, 3.63) is 18.2 Å². The second-order valence-corrected chi connectivity index (χ2v) is 3.36. The maximum Gasteiger partial charge on any atom is 0.239 e. The molecule has 1 aromatic carbocycles. The number of anilines is 2. The summed E-state index contributed by atoms with van der Waals surface area (Å²) in [7, 11) is 0. The Bertz CT molecular complexity index is 421. The second kappa shape index (κ2) is 5.37. The number of amides is 2. The van der Waals surface area contributed by atoms with Crippen LogP contribution in [0.25, 0.3) is 0 Å². The summed E-state index contributed by atoms with van der Waals surface area (Å²) in [6, 6.07) is 4.38. The molecule has 2 amide bonds. The highest BCUT2D eigenvalue weighted by molar-refractivity contribution is 6.29. The number of phenolic OH excluding ortho intramolecular Hbond substituents is 1. The minimum atomic E-state index is -0.413. The van der Waals surface area contributed by atoms with E-state index >= 15 is 0 Å². The van der Waals surface area contributed by atoms with E-state index in [1.54, 1.807) is 6.07 Å². The van der Waals surface area contributed by atoms with Crippen LogP contribution in [0.1, 0.15) is 6.92 Å². The number of hydrogen-bond acceptors (Lipinski definition) is 3. The molecule has 1 aromatic rings. The van der Waals surface area contributed by atoms with E-state index < -0.39 is 5.91 Å². The molecule has 3 N–H and O–H groups in total. The van der Waals surface area contributed by atoms with Gasteiger partial charge in [0.1, 0.15) is 11.6 Å². The number of rotatable bonds is 3. The van der Waals surface area contributed by atoms with Crippen LogP contribution in [0.15, 0.2) is 18.2 Å². The fraction of sp³-hybridized carbons (Fsp3) is 0.200. The van der Waals surface area contributed by atoms with Crippen molar-refractivity contribution in [3.8, 4) is 5.75 Å². The molecule has 0 heterocycles. The lowest BCUT2D eigenvalue weighted by Crippen LogP contribution is -2.13. The van der Waals surface area contributed by atoms with Crippen molar-refractivity contribution in [2.24, 2.45) is 0 Å². The number of aromatic hydroxyl groups is 1. The third-order valence-corrected chi connectivity index (χ3v) is 1.96. The molecule has 6 heteroatoms. The Morgan fingerprint density at radius 1 is 1.38 bits per heavy atom. The molecule has 0 radical (unpaired) electrons. The maximum absolute atomic E-state index is 11.0. The zero-order chi connectivity index (χ0) is 12.1. The molecular formula is C10H11ClN2O3. The number of benzene rings is 1. The largest absolute Gasteiger partial charge is 0.506 e. The monoisotopic (exact) mass is 242 g/mol. The Morgan fingerprint density at radius 3 is 2.56 bits per heavy atom. The first-order valence-corrected chi connectivity index (χ1v) is 5.03. The summed E-state index contributed by atoms with van der Waals surface area (Å²) < 4.78 is 0. The average Bonchev–Trinajstić information content (AvgIpc) is 2.21. The minimum Gasteiger partial charge on any atom is -0.506 e. The number of hydrogen-bond donors (Lipinski definition) is 3. The first-order valence-electron chi connectivity index (χ1n) is 4.49. The number of phenols is 1. The molecule has 0 saturated carbocycles. The highest BCUT2D eigenvalue weighted by atomic mass is 35.5. The van der Waals surface area contributed by atoms with Gasteiger partial charge in [0, 0.05) is 18.7 Å². The molecule has 0 atom stereocenters. The molecule has 0 spiro atoms. The number of carbonyl (C=O) groups excluding carboxylic acids is 2. The van der Waals surface area contributed by atoms with Crippen molar-refractivity contribution in [2.75, 3.05) is 16.5 Å². The van der Waals surface area contributed by atoms with E-state index in [4.69, 9.17) is 11.6 Å². The first-order chi connectivity index (χ1) is 7.52. The van der Waals surface area contributed by atoms with Gasteiger partial charge in [0.05, 0.1) is 5.69 Å². The SMILES string of the molecule is CC(=O)Nc1ccc(NC(=O)CCl)c(O)c1. The average molecular weight is 243 g/mol. The van der Waals surface area contributed by atoms with Crippen molar-refractivity contribution in [3.63, 3.8) is 0 Å². The summed E-state index contributed by atoms with van der Waals surface area (Å²) in [5, 5.41) is 14.4. The summed E-state index contributed by atoms with van der Waals surface area (Å²) in [6.07, 6.45) is 0. The summed E-state index contributed by atoms with van der Waals surface area (Å²) in [5.41, 5.74) is 0.702. The molecule has 16 heavy (non-hydrogen) atoms. The van der Waals surface area contributed by atoms with E-state index in [1.165, 1.54) is 19.1 Å². The predicted molar refractivity (Wildman–Crippen MR) is 61.8 cm³/mol. The van der Waals surface area contributed by atoms with E-state index in [9.17, 15) is 14.7 Å². The van der Waals surface area contributed by atoms with E-state index in [2.05, 4.69) is 10.6 Å². The van der Waals surface area contributed by atoms with Crippen LogP contribution in [-0.4, -0.2) is 22.8 Å². The Hall–Kier alpha value is -1.75. The molecule has 0 bridgehead atoms. The fourth-order valence-corrected chi connectivity index (χ4v) is 1.17. The molecule has 5 nitrogen and oxygen atoms in total. The van der Waals surface area contributed by atoms with Gasteiger partial charge in [-0.05, 0) is 12.1 Å². The minimum absolute atomic E-state index is 0.135. The maximum atomic E-state index is 11.0. The van der Waals surface area contributed by atoms with Gasteiger partial charge in [-0.25, -0.2) is 0 Å². The number of carbonyl (C=O) groups is 2. The summed E-state index contributed by atoms with van der Waals surface area (Å²) >= 11 is 5.30. The fourth-order valence-electron chi connectivity index (χ4n) is 1.10. The van der Waals surface area contributed by atoms with Crippen molar-refractivity contribution in [1.29, 1.82) is 0 Å². The third kappa shape index (κ3) is 3.43. The summed E-state index contributed by atoms with van der Waals surface area (Å²) in [4.78, 5) is 21.7. The van der Waals surface area contributed by atoms with Crippen LogP contribution in [-0.2, 0) is 9.59 Å². The molecule has 1 rings (SSSR count). The zero-order valence-electron chi connectivity index (χ0n) is 8.58. The topological polar surface area (TPSA) is 78.4 Å². The summed E-state index contributed by atoms with van der Waals surface area (Å²) in [5.74, 6) is -0.974. The standard InChI is InChI=1S/C10H11ClN2O3/c1-6(14)12-7-2-3-8(9(15)4-7)13-10(16)5-11/h2-4,15H,5H2,1H3,(H,12,14)(H,13,16). The van der Waals surface area contributed by atoms with Gasteiger partial charge in [0.2, 0.25) is 11.8 Å². The molecule has 0 aliphatic heterocycles. The molecule has 0 aliphatic rings. The normalized spacial score (nSPS) is 9.62. The molecule has 0 aromatic heterocycles. The van der Waals surface area contributed by atoms with Gasteiger partial charge in [-0.3, -0.25) is 9.59 Å². The molecule has 0 unspecified atom stereocenters. The van der Waals surface area contributed by atoms with Gasteiger partial charge in [-0.2, -0.15) is 0 Å². The van der Waals surface area contributed by atoms with Crippen LogP contribution in [0.4, 0.5) is 11.4 Å². The molecule has 0 aliphatic carbocycles. The van der Waals surface area contributed by atoms with Gasteiger partial charge < -0.3 is 15.7 Å². The number of halogens is 1. The number of nitrogens with one attached hydrogen (secondary N) is 2. The third-order valence-electron chi connectivity index (χ3n) is 1.71. The highest BCUT2D eigenvalue weighted by Gasteiger charge is 2.06. The molecule has 0 saturated heterocycles. The first kappa shape index (κ1) is 12.3. The van der Waals surface area contributed by atoms with E-state index in [0.717, 1.165) is 0 Å². The quantitative estimate of drug-likeness (QED) is 0.556.